The molecule has 0 radical (unpaired) electrons. The van der Waals surface area contributed by atoms with E-state index < -0.39 is 23.3 Å². The van der Waals surface area contributed by atoms with E-state index >= 15 is 0 Å². The number of hydrogen-bond donors (Lipinski definition) is 3. The molecule has 3 aromatic heterocycles. The number of nitrogen functional groups attached to an aromatic ring is 2. The zero-order chi connectivity index (χ0) is 35.8. The number of phenols is 1. The van der Waals surface area contributed by atoms with E-state index in [0.29, 0.717) is 53.8 Å². The van der Waals surface area contributed by atoms with Gasteiger partial charge in [-0.25, -0.2) is 14.8 Å². The molecule has 0 aliphatic carbocycles. The van der Waals surface area contributed by atoms with Crippen molar-refractivity contribution >= 4 is 34.8 Å². The van der Waals surface area contributed by atoms with Crippen molar-refractivity contribution in [1.82, 2.24) is 14.9 Å². The fraction of sp³-hybridized carbons (Fsp3) is 0.342. The lowest BCUT2D eigenvalue weighted by Gasteiger charge is -2.39. The third-order valence-electron chi connectivity index (χ3n) is 9.97. The Kier molecular flexibility index (Phi) is 7.45. The highest BCUT2D eigenvalue weighted by Crippen LogP contribution is 2.45. The van der Waals surface area contributed by atoms with Crippen LogP contribution in [0.2, 0.25) is 0 Å². The number of carbonyl (C=O) groups is 1. The molecule has 0 amide bonds. The number of pyridine rings is 2. The van der Waals surface area contributed by atoms with E-state index in [-0.39, 0.29) is 34.7 Å². The molecule has 1 fully saturated rings. The van der Waals surface area contributed by atoms with Crippen LogP contribution >= 0.6 is 0 Å². The van der Waals surface area contributed by atoms with E-state index in [9.17, 15) is 14.7 Å². The summed E-state index contributed by atoms with van der Waals surface area (Å²) in [6, 6.07) is 10.5. The van der Waals surface area contributed by atoms with Crippen molar-refractivity contribution in [1.29, 1.82) is 0 Å². The number of esters is 1. The van der Waals surface area contributed by atoms with E-state index in [4.69, 9.17) is 30.1 Å². The Balaban J connectivity index is 0.934. The van der Waals surface area contributed by atoms with Gasteiger partial charge in [0.1, 0.15) is 51.6 Å². The van der Waals surface area contributed by atoms with E-state index in [0.717, 1.165) is 29.1 Å². The van der Waals surface area contributed by atoms with Gasteiger partial charge in [0.2, 0.25) is 0 Å². The Morgan fingerprint density at radius 2 is 1.90 bits per heavy atom. The van der Waals surface area contributed by atoms with Gasteiger partial charge in [-0.15, -0.1) is 0 Å². The third-order valence-corrected chi connectivity index (χ3v) is 9.97. The molecule has 13 heteroatoms. The zero-order valence-corrected chi connectivity index (χ0v) is 28.7. The number of aromatic nitrogens is 2. The molecule has 13 nitrogen and oxygen atoms in total. The number of aromatic hydroxyl groups is 1. The number of phenolic OH excluding ortho intramolecular Hbond substituents is 1. The van der Waals surface area contributed by atoms with Crippen LogP contribution < -0.4 is 21.6 Å². The molecule has 262 valence electrons. The van der Waals surface area contributed by atoms with Crippen molar-refractivity contribution in [2.45, 2.75) is 76.9 Å². The smallest absolute Gasteiger partial charge is 0.341 e. The number of epoxide rings is 1. The highest BCUT2D eigenvalue weighted by atomic mass is 16.7. The van der Waals surface area contributed by atoms with Crippen LogP contribution in [0, 0.1) is 6.92 Å². The summed E-state index contributed by atoms with van der Waals surface area (Å²) in [7, 11) is 0. The topological polar surface area (TPSA) is 192 Å². The molecule has 1 saturated heterocycles. The van der Waals surface area contributed by atoms with Crippen molar-refractivity contribution < 1.29 is 28.5 Å². The van der Waals surface area contributed by atoms with Crippen LogP contribution in [0.25, 0.3) is 22.2 Å². The minimum absolute atomic E-state index is 0.0635. The van der Waals surface area contributed by atoms with Gasteiger partial charge >= 0.3 is 5.97 Å². The minimum Gasteiger partial charge on any atom is -0.507 e. The van der Waals surface area contributed by atoms with Gasteiger partial charge in [0.25, 0.3) is 0 Å². The van der Waals surface area contributed by atoms with E-state index in [1.165, 1.54) is 11.6 Å². The van der Waals surface area contributed by atoms with Crippen molar-refractivity contribution in [2.75, 3.05) is 18.0 Å². The van der Waals surface area contributed by atoms with E-state index in [2.05, 4.69) is 19.9 Å². The van der Waals surface area contributed by atoms with Crippen LogP contribution in [-0.4, -0.2) is 62.1 Å². The predicted molar refractivity (Wildman–Crippen MR) is 190 cm³/mol. The number of anilines is 2. The molecule has 5 N–H and O–H groups in total. The van der Waals surface area contributed by atoms with Crippen LogP contribution in [0.5, 0.6) is 11.5 Å². The first kappa shape index (κ1) is 32.5. The second kappa shape index (κ2) is 11.7. The standard InChI is InChI=1S/C38H38N6O7/c1-19-9-27(45)34-29(48-19)15-28-24(35(34)46)14-31(37(2,3)50-28)49-36(47)38(4)30(51-38)6-5-20-10-25(43-32(39)11-20)22-12-23(42-33(40)13-22)17-44-16-21-7-8-41-26(21)18-44/h7-13,15,18,30-31,46H,5-6,14,16-17H2,1-4H3,(H2,39,43)(H2,40,42). The molecular weight excluding hydrogens is 652 g/mol. The summed E-state index contributed by atoms with van der Waals surface area (Å²) in [5.41, 5.74) is 16.0. The van der Waals surface area contributed by atoms with Crippen molar-refractivity contribution in [3.8, 4) is 22.8 Å². The number of nitrogens with two attached hydrogens (primary N) is 2. The molecule has 4 aromatic rings. The van der Waals surface area contributed by atoms with Crippen LogP contribution in [-0.2, 0) is 33.7 Å². The maximum absolute atomic E-state index is 13.5. The third kappa shape index (κ3) is 5.97. The molecule has 8 rings (SSSR count). The maximum Gasteiger partial charge on any atom is 0.341 e. The summed E-state index contributed by atoms with van der Waals surface area (Å²) >= 11 is 0. The van der Waals surface area contributed by atoms with Crippen LogP contribution in [0.15, 0.2) is 74.1 Å². The van der Waals surface area contributed by atoms with E-state index in [1.54, 1.807) is 39.8 Å². The van der Waals surface area contributed by atoms with Gasteiger partial charge in [-0.05, 0) is 76.4 Å². The average molecular weight is 691 g/mol. The number of nitrogens with zero attached hydrogens (tertiary/aromatic N) is 4. The summed E-state index contributed by atoms with van der Waals surface area (Å²) < 4.78 is 23.8. The van der Waals surface area contributed by atoms with Crippen molar-refractivity contribution in [3.63, 3.8) is 0 Å². The predicted octanol–water partition coefficient (Wildman–Crippen LogP) is 4.51. The van der Waals surface area contributed by atoms with Gasteiger partial charge in [-0.1, -0.05) is 0 Å². The molecule has 3 unspecified atom stereocenters. The number of aliphatic imine (C=N–C) groups is 1. The summed E-state index contributed by atoms with van der Waals surface area (Å²) in [6.07, 6.45) is 5.97. The second-order valence-electron chi connectivity index (χ2n) is 14.3. The molecular formula is C38H38N6O7. The first-order valence-corrected chi connectivity index (χ1v) is 16.9. The van der Waals surface area contributed by atoms with Gasteiger partial charge < -0.3 is 40.1 Å². The first-order chi connectivity index (χ1) is 24.3. The minimum atomic E-state index is -1.15. The number of carbonyl (C=O) groups excluding carboxylic acids is 1. The normalized spacial score (nSPS) is 22.6. The fourth-order valence-corrected chi connectivity index (χ4v) is 7.13. The number of allylic oxidation sites excluding steroid dienone is 1. The highest BCUT2D eigenvalue weighted by Gasteiger charge is 2.60. The molecule has 51 heavy (non-hydrogen) atoms. The molecule has 1 aromatic carbocycles. The quantitative estimate of drug-likeness (QED) is 0.173. The molecule has 4 aliphatic rings. The number of aryl methyl sites for hydroxylation is 2. The first-order valence-electron chi connectivity index (χ1n) is 16.9. The van der Waals surface area contributed by atoms with E-state index in [1.807, 2.05) is 36.7 Å². The zero-order valence-electron chi connectivity index (χ0n) is 28.7. The maximum atomic E-state index is 13.5. The Bertz CT molecular complexity index is 2290. The summed E-state index contributed by atoms with van der Waals surface area (Å²) in [5, 5.41) is 11.1. The molecule has 7 heterocycles. The van der Waals surface area contributed by atoms with Crippen LogP contribution in [0.3, 0.4) is 0 Å². The van der Waals surface area contributed by atoms with Gasteiger partial charge in [0, 0.05) is 54.2 Å². The van der Waals surface area contributed by atoms with Crippen LogP contribution in [0.1, 0.15) is 49.8 Å². The molecule has 3 atom stereocenters. The fourth-order valence-electron chi connectivity index (χ4n) is 7.13. The summed E-state index contributed by atoms with van der Waals surface area (Å²) in [6.45, 7) is 8.32. The van der Waals surface area contributed by atoms with Crippen LogP contribution in [0.4, 0.5) is 11.6 Å². The number of ether oxygens (including phenoxy) is 3. The lowest BCUT2D eigenvalue weighted by molar-refractivity contribution is -0.167. The number of hydrogen-bond acceptors (Lipinski definition) is 13. The molecule has 0 saturated carbocycles. The summed E-state index contributed by atoms with van der Waals surface area (Å²) in [5.74, 6) is 0.786. The SMILES string of the molecule is Cc1cc(=O)c2c(O)c3c(cc2o1)OC(C)(C)C(OC(=O)C1(C)OC1CCc1cc(N)nc(-c2cc(N)nc(CN4C=C5N=CC=C5C4)c2)c1)C3. The number of fused-ring (bicyclic) bond motifs is 3. The monoisotopic (exact) mass is 690 g/mol. The Labute approximate surface area is 293 Å². The Hall–Kier alpha value is -5.69. The van der Waals surface area contributed by atoms with Crippen molar-refractivity contribution in [3.05, 3.63) is 92.7 Å². The van der Waals surface area contributed by atoms with Gasteiger partial charge in [-0.3, -0.25) is 9.79 Å². The lowest BCUT2D eigenvalue weighted by atomic mass is 9.89. The average Bonchev–Trinajstić information content (AvgIpc) is 3.30. The highest BCUT2D eigenvalue weighted by molar-refractivity contribution is 5.87. The molecule has 4 aliphatic heterocycles. The van der Waals surface area contributed by atoms with Gasteiger partial charge in [-0.2, -0.15) is 0 Å². The largest absolute Gasteiger partial charge is 0.507 e. The lowest BCUT2D eigenvalue weighted by Crippen LogP contribution is -2.50. The van der Waals surface area contributed by atoms with Crippen molar-refractivity contribution in [2.24, 2.45) is 4.99 Å². The second-order valence-corrected chi connectivity index (χ2v) is 14.3. The Morgan fingerprint density at radius 3 is 2.71 bits per heavy atom. The molecule has 0 bridgehead atoms. The number of benzene rings is 1. The molecule has 0 spiro atoms. The van der Waals surface area contributed by atoms with Gasteiger partial charge in [0.05, 0.1) is 29.7 Å². The number of rotatable bonds is 8. The summed E-state index contributed by atoms with van der Waals surface area (Å²) in [4.78, 5) is 41.8. The Morgan fingerprint density at radius 1 is 1.10 bits per heavy atom. The van der Waals surface area contributed by atoms with Gasteiger partial charge in [0.15, 0.2) is 11.0 Å².